The summed E-state index contributed by atoms with van der Waals surface area (Å²) in [5.41, 5.74) is 7.12. The highest BCUT2D eigenvalue weighted by Crippen LogP contribution is 2.15. The van der Waals surface area contributed by atoms with E-state index in [-0.39, 0.29) is 0 Å². The molecule has 0 aliphatic rings. The Morgan fingerprint density at radius 2 is 1.94 bits per heavy atom. The number of nitrogens with two attached hydrogens (primary N) is 1. The molecule has 0 saturated carbocycles. The maximum absolute atomic E-state index is 5.91. The monoisotopic (exact) mass is 237 g/mol. The van der Waals surface area contributed by atoms with Gasteiger partial charge in [-0.1, -0.05) is 20.8 Å². The molecule has 0 aliphatic heterocycles. The van der Waals surface area contributed by atoms with E-state index < -0.39 is 0 Å². The van der Waals surface area contributed by atoms with E-state index in [1.54, 1.807) is 0 Å². The lowest BCUT2D eigenvalue weighted by molar-refractivity contribution is 0.424. The van der Waals surface area contributed by atoms with Crippen LogP contribution in [0.3, 0.4) is 0 Å². The molecule has 3 heteroatoms. The molecule has 98 valence electrons. The molecular weight excluding hydrogens is 210 g/mol. The van der Waals surface area contributed by atoms with E-state index in [1.807, 2.05) is 0 Å². The van der Waals surface area contributed by atoms with E-state index in [4.69, 9.17) is 5.73 Å². The third-order valence-corrected chi connectivity index (χ3v) is 3.51. The van der Waals surface area contributed by atoms with Crippen molar-refractivity contribution < 1.29 is 0 Å². The summed E-state index contributed by atoms with van der Waals surface area (Å²) in [4.78, 5) is 0. The van der Waals surface area contributed by atoms with E-state index in [9.17, 15) is 0 Å². The van der Waals surface area contributed by atoms with Crippen LogP contribution in [0.4, 0.5) is 0 Å². The molecule has 1 heterocycles. The molecule has 0 fully saturated rings. The molecule has 1 unspecified atom stereocenters. The van der Waals surface area contributed by atoms with Crippen LogP contribution < -0.4 is 5.73 Å². The zero-order valence-corrected chi connectivity index (χ0v) is 11.5. The number of hydrogen-bond donors (Lipinski definition) is 1. The first-order valence-corrected chi connectivity index (χ1v) is 7.00. The maximum atomic E-state index is 5.91. The minimum atomic E-state index is 0.358. The van der Waals surface area contributed by atoms with Crippen LogP contribution in [0.25, 0.3) is 0 Å². The van der Waals surface area contributed by atoms with Gasteiger partial charge < -0.3 is 5.73 Å². The summed E-state index contributed by atoms with van der Waals surface area (Å²) >= 11 is 0. The first-order chi connectivity index (χ1) is 8.21. The van der Waals surface area contributed by atoms with Gasteiger partial charge in [-0.05, 0) is 44.6 Å². The van der Waals surface area contributed by atoms with Crippen LogP contribution in [0.5, 0.6) is 0 Å². The normalized spacial score (nSPS) is 13.2. The zero-order valence-electron chi connectivity index (χ0n) is 11.5. The van der Waals surface area contributed by atoms with Gasteiger partial charge in [0.2, 0.25) is 0 Å². The lowest BCUT2D eigenvalue weighted by atomic mass is 10.1. The minimum Gasteiger partial charge on any atom is -0.328 e. The Balaban J connectivity index is 2.40. The van der Waals surface area contributed by atoms with Crippen molar-refractivity contribution in [3.63, 3.8) is 0 Å². The average molecular weight is 237 g/mol. The van der Waals surface area contributed by atoms with Crippen molar-refractivity contribution in [2.45, 2.75) is 71.4 Å². The number of rotatable bonds is 8. The maximum Gasteiger partial charge on any atom is 0.0624 e. The van der Waals surface area contributed by atoms with Gasteiger partial charge in [-0.25, -0.2) is 0 Å². The predicted octanol–water partition coefficient (Wildman–Crippen LogP) is 3.30. The number of aromatic nitrogens is 2. The Hall–Kier alpha value is -0.830. The van der Waals surface area contributed by atoms with E-state index >= 15 is 0 Å². The van der Waals surface area contributed by atoms with Gasteiger partial charge in [-0.15, -0.1) is 0 Å². The van der Waals surface area contributed by atoms with Crippen molar-refractivity contribution >= 4 is 0 Å². The summed E-state index contributed by atoms with van der Waals surface area (Å²) in [7, 11) is 0. The van der Waals surface area contributed by atoms with Crippen molar-refractivity contribution in [3.05, 3.63) is 18.0 Å². The summed E-state index contributed by atoms with van der Waals surface area (Å²) < 4.78 is 2.12. The van der Waals surface area contributed by atoms with Crippen molar-refractivity contribution in [1.29, 1.82) is 0 Å². The second-order valence-electron chi connectivity index (χ2n) is 4.82. The summed E-state index contributed by atoms with van der Waals surface area (Å²) in [5.74, 6) is 0. The first kappa shape index (κ1) is 14.2. The fourth-order valence-corrected chi connectivity index (χ4v) is 2.13. The van der Waals surface area contributed by atoms with Crippen LogP contribution in [0.15, 0.2) is 12.3 Å². The van der Waals surface area contributed by atoms with Gasteiger partial charge in [0.1, 0.15) is 0 Å². The van der Waals surface area contributed by atoms with Crippen LogP contribution in [-0.4, -0.2) is 15.8 Å². The largest absolute Gasteiger partial charge is 0.328 e. The van der Waals surface area contributed by atoms with Crippen LogP contribution in [0.1, 0.15) is 64.6 Å². The highest BCUT2D eigenvalue weighted by Gasteiger charge is 2.08. The summed E-state index contributed by atoms with van der Waals surface area (Å²) in [6.45, 7) is 6.58. The van der Waals surface area contributed by atoms with E-state index in [2.05, 4.69) is 42.8 Å². The minimum absolute atomic E-state index is 0.358. The SMILES string of the molecule is CCC(N)CCCc1ccn(C(CC)CC)n1. The molecule has 1 aromatic heterocycles. The van der Waals surface area contributed by atoms with Gasteiger partial charge in [0.25, 0.3) is 0 Å². The molecule has 1 aromatic rings. The molecule has 0 bridgehead atoms. The fraction of sp³-hybridized carbons (Fsp3) is 0.786. The highest BCUT2D eigenvalue weighted by molar-refractivity contribution is 5.00. The number of nitrogens with zero attached hydrogens (tertiary/aromatic N) is 2. The third kappa shape index (κ3) is 4.50. The highest BCUT2D eigenvalue weighted by atomic mass is 15.3. The third-order valence-electron chi connectivity index (χ3n) is 3.51. The van der Waals surface area contributed by atoms with Gasteiger partial charge in [0.05, 0.1) is 11.7 Å². The predicted molar refractivity (Wildman–Crippen MR) is 73.1 cm³/mol. The van der Waals surface area contributed by atoms with Crippen molar-refractivity contribution in [3.8, 4) is 0 Å². The van der Waals surface area contributed by atoms with Gasteiger partial charge in [0, 0.05) is 12.2 Å². The van der Waals surface area contributed by atoms with Crippen LogP contribution in [-0.2, 0) is 6.42 Å². The van der Waals surface area contributed by atoms with E-state index in [0.717, 1.165) is 38.5 Å². The van der Waals surface area contributed by atoms with Gasteiger partial charge >= 0.3 is 0 Å². The van der Waals surface area contributed by atoms with Crippen molar-refractivity contribution in [2.75, 3.05) is 0 Å². The van der Waals surface area contributed by atoms with E-state index in [1.165, 1.54) is 5.69 Å². The Kier molecular flexibility index (Phi) is 6.27. The average Bonchev–Trinajstić information content (AvgIpc) is 2.79. The van der Waals surface area contributed by atoms with Crippen molar-refractivity contribution in [2.24, 2.45) is 5.73 Å². The van der Waals surface area contributed by atoms with Crippen molar-refractivity contribution in [1.82, 2.24) is 9.78 Å². The quantitative estimate of drug-likeness (QED) is 0.754. The lowest BCUT2D eigenvalue weighted by Crippen LogP contribution is -2.18. The zero-order chi connectivity index (χ0) is 12.7. The smallest absolute Gasteiger partial charge is 0.0624 e. The topological polar surface area (TPSA) is 43.8 Å². The summed E-state index contributed by atoms with van der Waals surface area (Å²) in [6, 6.07) is 3.06. The van der Waals surface area contributed by atoms with Crippen LogP contribution in [0, 0.1) is 0 Å². The standard InChI is InChI=1S/C14H27N3/c1-4-12(15)8-7-9-13-10-11-17(16-13)14(5-2)6-3/h10-12,14H,4-9,15H2,1-3H3. The summed E-state index contributed by atoms with van der Waals surface area (Å²) in [5, 5.41) is 4.65. The Morgan fingerprint density at radius 1 is 1.24 bits per heavy atom. The molecule has 0 aliphatic carbocycles. The molecule has 0 saturated heterocycles. The van der Waals surface area contributed by atoms with E-state index in [0.29, 0.717) is 12.1 Å². The molecule has 1 rings (SSSR count). The second kappa shape index (κ2) is 7.49. The second-order valence-corrected chi connectivity index (χ2v) is 4.82. The molecule has 3 nitrogen and oxygen atoms in total. The molecule has 0 radical (unpaired) electrons. The lowest BCUT2D eigenvalue weighted by Gasteiger charge is -2.12. The molecule has 2 N–H and O–H groups in total. The molecule has 1 atom stereocenters. The molecule has 17 heavy (non-hydrogen) atoms. The fourth-order valence-electron chi connectivity index (χ4n) is 2.13. The molecule has 0 spiro atoms. The van der Waals surface area contributed by atoms with Gasteiger partial charge in [0.15, 0.2) is 0 Å². The number of hydrogen-bond acceptors (Lipinski definition) is 2. The van der Waals surface area contributed by atoms with Gasteiger partial charge in [-0.3, -0.25) is 4.68 Å². The van der Waals surface area contributed by atoms with Crippen LogP contribution in [0.2, 0.25) is 0 Å². The van der Waals surface area contributed by atoms with Gasteiger partial charge in [-0.2, -0.15) is 5.10 Å². The number of aryl methyl sites for hydroxylation is 1. The molecule has 0 amide bonds. The summed E-state index contributed by atoms with van der Waals surface area (Å²) in [6.07, 6.45) is 8.80. The molecular formula is C14H27N3. The van der Waals surface area contributed by atoms with Crippen LogP contribution >= 0.6 is 0 Å². The Bertz CT molecular complexity index is 302. The first-order valence-electron chi connectivity index (χ1n) is 7.00. The Labute approximate surface area is 105 Å². The molecule has 0 aromatic carbocycles. The Morgan fingerprint density at radius 3 is 2.53 bits per heavy atom.